The van der Waals surface area contributed by atoms with E-state index in [-0.39, 0.29) is 11.7 Å². The highest BCUT2D eigenvalue weighted by Crippen LogP contribution is 2.44. The van der Waals surface area contributed by atoms with Crippen LogP contribution in [0.2, 0.25) is 0 Å². The molecular weight excluding hydrogens is 509 g/mol. The van der Waals surface area contributed by atoms with E-state index in [1.165, 1.54) is 22.3 Å². The molecule has 0 bridgehead atoms. The van der Waals surface area contributed by atoms with E-state index in [4.69, 9.17) is 14.2 Å². The largest absolute Gasteiger partial charge is 0.449 e. The van der Waals surface area contributed by atoms with E-state index in [1.54, 1.807) is 0 Å². The molecule has 2 aromatic rings. The Morgan fingerprint density at radius 3 is 2.13 bits per heavy atom. The van der Waals surface area contributed by atoms with Crippen LogP contribution in [-0.4, -0.2) is 55.9 Å². The van der Waals surface area contributed by atoms with Gasteiger partial charge in [-0.15, -0.1) is 0 Å². The zero-order valence-corrected chi connectivity index (χ0v) is 19.6. The number of hydrogen-bond acceptors (Lipinski definition) is 5. The van der Waals surface area contributed by atoms with Crippen molar-refractivity contribution >= 4 is 34.5 Å². The van der Waals surface area contributed by atoms with Gasteiger partial charge < -0.3 is 19.5 Å². The lowest BCUT2D eigenvalue weighted by atomic mass is 9.98. The summed E-state index contributed by atoms with van der Waals surface area (Å²) in [7, 11) is 0. The zero-order chi connectivity index (χ0) is 21.9. The molecule has 6 nitrogen and oxygen atoms in total. The van der Waals surface area contributed by atoms with Crippen molar-refractivity contribution in [2.45, 2.75) is 18.8 Å². The third-order valence-corrected chi connectivity index (χ3v) is 5.98. The molecule has 0 spiro atoms. The third kappa shape index (κ3) is 7.02. The highest BCUT2D eigenvalue weighted by atomic mass is 127. The minimum absolute atomic E-state index is 0.0544. The van der Waals surface area contributed by atoms with Gasteiger partial charge in [0, 0.05) is 25.5 Å². The molecule has 3 rings (SSSR count). The van der Waals surface area contributed by atoms with Crippen LogP contribution in [0.3, 0.4) is 0 Å². The second-order valence-electron chi connectivity index (χ2n) is 7.25. The third-order valence-electron chi connectivity index (χ3n) is 5.12. The number of alkyl halides is 1. The van der Waals surface area contributed by atoms with Gasteiger partial charge >= 0.3 is 6.09 Å². The van der Waals surface area contributed by atoms with Crippen LogP contribution in [0.25, 0.3) is 11.1 Å². The maximum Gasteiger partial charge on any atom is 0.407 e. The van der Waals surface area contributed by atoms with Crippen molar-refractivity contribution < 1.29 is 23.8 Å². The Labute approximate surface area is 196 Å². The molecule has 31 heavy (non-hydrogen) atoms. The average Bonchev–Trinajstić information content (AvgIpc) is 3.12. The van der Waals surface area contributed by atoms with Gasteiger partial charge in [-0.1, -0.05) is 71.1 Å². The summed E-state index contributed by atoms with van der Waals surface area (Å²) in [6, 6.07) is 16.5. The van der Waals surface area contributed by atoms with Crippen LogP contribution in [0.5, 0.6) is 0 Å². The van der Waals surface area contributed by atoms with Gasteiger partial charge in [0.1, 0.15) is 12.4 Å². The Morgan fingerprint density at radius 2 is 1.48 bits per heavy atom. The van der Waals surface area contributed by atoms with Crippen molar-refractivity contribution in [1.82, 2.24) is 5.32 Å². The summed E-state index contributed by atoms with van der Waals surface area (Å²) >= 11 is 2.07. The molecule has 0 unspecified atom stereocenters. The van der Waals surface area contributed by atoms with E-state index in [1.807, 2.05) is 24.3 Å². The molecule has 166 valence electrons. The number of amides is 1. The summed E-state index contributed by atoms with van der Waals surface area (Å²) in [4.78, 5) is 23.2. The van der Waals surface area contributed by atoms with Crippen LogP contribution in [0.1, 0.15) is 29.9 Å². The highest BCUT2D eigenvalue weighted by Gasteiger charge is 2.28. The van der Waals surface area contributed by atoms with E-state index < -0.39 is 6.09 Å². The molecule has 0 fully saturated rings. The lowest BCUT2D eigenvalue weighted by molar-refractivity contribution is -0.116. The van der Waals surface area contributed by atoms with Crippen molar-refractivity contribution in [3.8, 4) is 11.1 Å². The van der Waals surface area contributed by atoms with Crippen molar-refractivity contribution in [3.05, 3.63) is 59.7 Å². The van der Waals surface area contributed by atoms with Gasteiger partial charge in [-0.3, -0.25) is 4.79 Å². The zero-order valence-electron chi connectivity index (χ0n) is 17.5. The number of rotatable bonds is 13. The van der Waals surface area contributed by atoms with Crippen LogP contribution in [0, 0.1) is 0 Å². The van der Waals surface area contributed by atoms with Crippen LogP contribution >= 0.6 is 22.6 Å². The number of carbonyl (C=O) groups excluding carboxylic acids is 2. The summed E-state index contributed by atoms with van der Waals surface area (Å²) in [5.41, 5.74) is 4.80. The number of ether oxygens (including phenoxy) is 3. The molecule has 0 saturated carbocycles. The summed E-state index contributed by atoms with van der Waals surface area (Å²) in [5, 5.41) is 2.72. The molecule has 2 aromatic carbocycles. The lowest BCUT2D eigenvalue weighted by Gasteiger charge is -2.14. The topological polar surface area (TPSA) is 73.9 Å². The molecule has 7 heteroatoms. The van der Waals surface area contributed by atoms with Crippen LogP contribution < -0.4 is 5.32 Å². The van der Waals surface area contributed by atoms with Gasteiger partial charge in [-0.25, -0.2) is 4.79 Å². The first-order chi connectivity index (χ1) is 15.2. The summed E-state index contributed by atoms with van der Waals surface area (Å²) < 4.78 is 16.9. The summed E-state index contributed by atoms with van der Waals surface area (Å²) in [5.74, 6) is 0.304. The fourth-order valence-electron chi connectivity index (χ4n) is 3.63. The number of alkyl carbamates (subject to hydrolysis) is 1. The molecular formula is C24H28INO5. The van der Waals surface area contributed by atoms with Crippen molar-refractivity contribution in [2.75, 3.05) is 44.0 Å². The molecule has 0 saturated heterocycles. The summed E-state index contributed by atoms with van der Waals surface area (Å²) in [6.45, 7) is 2.55. The van der Waals surface area contributed by atoms with E-state index in [2.05, 4.69) is 52.2 Å². The molecule has 0 radical (unpaired) electrons. The molecule has 1 amide bonds. The van der Waals surface area contributed by atoms with Crippen molar-refractivity contribution in [3.63, 3.8) is 0 Å². The minimum Gasteiger partial charge on any atom is -0.449 e. The smallest absolute Gasteiger partial charge is 0.407 e. The van der Waals surface area contributed by atoms with Gasteiger partial charge in [0.2, 0.25) is 0 Å². The fraction of sp³-hybridized carbons (Fsp3) is 0.417. The van der Waals surface area contributed by atoms with E-state index in [0.717, 1.165) is 6.42 Å². The Bertz CT molecular complexity index is 827. The number of Topliss-reactive ketones (excluding diaryl/α,β-unsaturated/α-hetero) is 1. The second-order valence-corrected chi connectivity index (χ2v) is 8.02. The quantitative estimate of drug-likeness (QED) is 0.234. The maximum absolute atomic E-state index is 12.1. The van der Waals surface area contributed by atoms with Gasteiger partial charge in [0.05, 0.1) is 24.2 Å². The van der Waals surface area contributed by atoms with Gasteiger partial charge in [-0.2, -0.15) is 0 Å². The molecule has 1 aliphatic carbocycles. The first-order valence-electron chi connectivity index (χ1n) is 10.5. The van der Waals surface area contributed by atoms with Gasteiger partial charge in [0.25, 0.3) is 0 Å². The number of benzene rings is 2. The molecule has 1 aliphatic rings. The predicted octanol–water partition coefficient (Wildman–Crippen LogP) is 4.34. The SMILES string of the molecule is O=C(CI)CCCOCCOCCNC(=O)OCC1c2ccccc2-c2ccccc21. The molecule has 1 N–H and O–H groups in total. The van der Waals surface area contributed by atoms with Crippen LogP contribution in [0.15, 0.2) is 48.5 Å². The fourth-order valence-corrected chi connectivity index (χ4v) is 4.02. The lowest BCUT2D eigenvalue weighted by Crippen LogP contribution is -2.29. The maximum atomic E-state index is 12.1. The Hall–Kier alpha value is -1.97. The molecule has 0 heterocycles. The van der Waals surface area contributed by atoms with Gasteiger partial charge in [0.15, 0.2) is 0 Å². The monoisotopic (exact) mass is 537 g/mol. The Morgan fingerprint density at radius 1 is 0.871 bits per heavy atom. The molecule has 0 aromatic heterocycles. The highest BCUT2D eigenvalue weighted by molar-refractivity contribution is 14.1. The second kappa shape index (κ2) is 12.8. The first kappa shape index (κ1) is 23.7. The van der Waals surface area contributed by atoms with E-state index >= 15 is 0 Å². The Kier molecular flexibility index (Phi) is 9.77. The van der Waals surface area contributed by atoms with E-state index in [0.29, 0.717) is 50.4 Å². The number of ketones is 1. The Balaban J connectivity index is 1.28. The summed E-state index contributed by atoms with van der Waals surface area (Å²) in [6.07, 6.45) is 0.862. The average molecular weight is 537 g/mol. The minimum atomic E-state index is -0.443. The number of carbonyl (C=O) groups is 2. The normalized spacial score (nSPS) is 12.3. The predicted molar refractivity (Wildman–Crippen MR) is 128 cm³/mol. The number of fused-ring (bicyclic) bond motifs is 3. The van der Waals surface area contributed by atoms with Crippen LogP contribution in [0.4, 0.5) is 4.79 Å². The molecule has 0 aliphatic heterocycles. The number of nitrogens with one attached hydrogen (secondary N) is 1. The van der Waals surface area contributed by atoms with E-state index in [9.17, 15) is 9.59 Å². The van der Waals surface area contributed by atoms with Crippen LogP contribution in [-0.2, 0) is 19.0 Å². The van der Waals surface area contributed by atoms with Gasteiger partial charge in [-0.05, 0) is 28.7 Å². The van der Waals surface area contributed by atoms with Crippen molar-refractivity contribution in [1.29, 1.82) is 0 Å². The molecule has 0 atom stereocenters. The first-order valence-corrected chi connectivity index (χ1v) is 12.0. The number of halogens is 1. The number of hydrogen-bond donors (Lipinski definition) is 1. The van der Waals surface area contributed by atoms with Crippen molar-refractivity contribution in [2.24, 2.45) is 0 Å². The standard InChI is InChI=1S/C24H28INO5/c25-16-18(27)6-5-12-29-14-15-30-13-11-26-24(28)31-17-23-21-9-3-1-7-19(21)20-8-2-4-10-22(20)23/h1-4,7-10,23H,5-6,11-17H2,(H,26,28).